The average molecular weight is 320 g/mol. The molecule has 0 amide bonds. The SMILES string of the molecule is N[C@@H](COC(=O)c1ccc(Br)cc1)c1ccccc1. The number of benzene rings is 2. The number of rotatable bonds is 4. The number of hydrogen-bond donors (Lipinski definition) is 1. The summed E-state index contributed by atoms with van der Waals surface area (Å²) in [6.07, 6.45) is 0. The zero-order chi connectivity index (χ0) is 13.7. The van der Waals surface area contributed by atoms with Crippen molar-refractivity contribution in [2.24, 2.45) is 5.73 Å². The molecule has 1 atom stereocenters. The largest absolute Gasteiger partial charge is 0.460 e. The van der Waals surface area contributed by atoms with Gasteiger partial charge >= 0.3 is 5.97 Å². The van der Waals surface area contributed by atoms with Gasteiger partial charge in [0.2, 0.25) is 0 Å². The summed E-state index contributed by atoms with van der Waals surface area (Å²) >= 11 is 3.32. The van der Waals surface area contributed by atoms with Crippen molar-refractivity contribution in [3.8, 4) is 0 Å². The molecule has 2 rings (SSSR count). The second-order valence-electron chi connectivity index (χ2n) is 4.12. The van der Waals surface area contributed by atoms with Gasteiger partial charge in [-0.25, -0.2) is 4.79 Å². The first-order valence-corrected chi connectivity index (χ1v) is 6.69. The number of carbonyl (C=O) groups excluding carboxylic acids is 1. The highest BCUT2D eigenvalue weighted by atomic mass is 79.9. The molecule has 0 saturated heterocycles. The molecule has 0 bridgehead atoms. The van der Waals surface area contributed by atoms with Gasteiger partial charge in [-0.2, -0.15) is 0 Å². The van der Waals surface area contributed by atoms with Crippen LogP contribution in [0, 0.1) is 0 Å². The van der Waals surface area contributed by atoms with Gasteiger partial charge in [0, 0.05) is 4.47 Å². The normalized spacial score (nSPS) is 11.9. The predicted octanol–water partition coefficient (Wildman–Crippen LogP) is 3.31. The molecule has 0 unspecified atom stereocenters. The average Bonchev–Trinajstić information content (AvgIpc) is 2.46. The highest BCUT2D eigenvalue weighted by molar-refractivity contribution is 9.10. The Morgan fingerprint density at radius 2 is 1.74 bits per heavy atom. The van der Waals surface area contributed by atoms with Crippen LogP contribution < -0.4 is 5.73 Å². The predicted molar refractivity (Wildman–Crippen MR) is 77.8 cm³/mol. The van der Waals surface area contributed by atoms with E-state index < -0.39 is 0 Å². The van der Waals surface area contributed by atoms with Crippen molar-refractivity contribution in [1.29, 1.82) is 0 Å². The van der Waals surface area contributed by atoms with E-state index >= 15 is 0 Å². The van der Waals surface area contributed by atoms with E-state index in [1.807, 2.05) is 30.3 Å². The van der Waals surface area contributed by atoms with Gasteiger partial charge in [0.1, 0.15) is 6.61 Å². The van der Waals surface area contributed by atoms with Crippen LogP contribution in [0.2, 0.25) is 0 Å². The van der Waals surface area contributed by atoms with Crippen LogP contribution in [0.25, 0.3) is 0 Å². The molecule has 0 radical (unpaired) electrons. The van der Waals surface area contributed by atoms with Crippen molar-refractivity contribution in [3.05, 3.63) is 70.2 Å². The van der Waals surface area contributed by atoms with Crippen molar-refractivity contribution < 1.29 is 9.53 Å². The van der Waals surface area contributed by atoms with Gasteiger partial charge < -0.3 is 10.5 Å². The topological polar surface area (TPSA) is 52.3 Å². The minimum Gasteiger partial charge on any atom is -0.460 e. The third-order valence-corrected chi connectivity index (χ3v) is 3.23. The fraction of sp³-hybridized carbons (Fsp3) is 0.133. The van der Waals surface area contributed by atoms with Crippen molar-refractivity contribution in [1.82, 2.24) is 0 Å². The highest BCUT2D eigenvalue weighted by Gasteiger charge is 2.11. The summed E-state index contributed by atoms with van der Waals surface area (Å²) in [6.45, 7) is 0.166. The van der Waals surface area contributed by atoms with E-state index in [1.54, 1.807) is 24.3 Å². The molecule has 2 aromatic carbocycles. The van der Waals surface area contributed by atoms with Gasteiger partial charge in [-0.3, -0.25) is 0 Å². The van der Waals surface area contributed by atoms with E-state index in [0.717, 1.165) is 10.0 Å². The summed E-state index contributed by atoms with van der Waals surface area (Å²) in [7, 11) is 0. The smallest absolute Gasteiger partial charge is 0.338 e. The molecule has 2 N–H and O–H groups in total. The van der Waals surface area contributed by atoms with Crippen LogP contribution in [0.15, 0.2) is 59.1 Å². The van der Waals surface area contributed by atoms with Crippen LogP contribution in [0.3, 0.4) is 0 Å². The maximum absolute atomic E-state index is 11.8. The first kappa shape index (κ1) is 13.8. The Hall–Kier alpha value is -1.65. The summed E-state index contributed by atoms with van der Waals surface area (Å²) in [5.74, 6) is -0.362. The lowest BCUT2D eigenvalue weighted by molar-refractivity contribution is 0.0481. The fourth-order valence-electron chi connectivity index (χ4n) is 1.63. The Balaban J connectivity index is 1.92. The number of ether oxygens (including phenoxy) is 1. The van der Waals surface area contributed by atoms with Gasteiger partial charge in [-0.15, -0.1) is 0 Å². The van der Waals surface area contributed by atoms with Crippen LogP contribution in [0.5, 0.6) is 0 Å². The summed E-state index contributed by atoms with van der Waals surface area (Å²) in [4.78, 5) is 11.8. The Morgan fingerprint density at radius 1 is 1.11 bits per heavy atom. The minimum atomic E-state index is -0.362. The molecule has 0 saturated carbocycles. The molecule has 19 heavy (non-hydrogen) atoms. The number of esters is 1. The van der Waals surface area contributed by atoms with Gasteiger partial charge in [-0.1, -0.05) is 46.3 Å². The Morgan fingerprint density at radius 3 is 2.37 bits per heavy atom. The lowest BCUT2D eigenvalue weighted by Crippen LogP contribution is -2.19. The fourth-order valence-corrected chi connectivity index (χ4v) is 1.90. The molecular formula is C15H14BrNO2. The van der Waals surface area contributed by atoms with E-state index in [4.69, 9.17) is 10.5 Å². The number of halogens is 1. The molecule has 0 aliphatic heterocycles. The standard InChI is InChI=1S/C15H14BrNO2/c16-13-8-6-12(7-9-13)15(18)19-10-14(17)11-4-2-1-3-5-11/h1-9,14H,10,17H2/t14-/m0/s1. The van der Waals surface area contributed by atoms with Crippen LogP contribution in [-0.4, -0.2) is 12.6 Å². The molecule has 0 aliphatic carbocycles. The molecule has 3 nitrogen and oxygen atoms in total. The molecule has 0 fully saturated rings. The van der Waals surface area contributed by atoms with Crippen LogP contribution in [0.4, 0.5) is 0 Å². The van der Waals surface area contributed by atoms with E-state index in [0.29, 0.717) is 5.56 Å². The number of nitrogens with two attached hydrogens (primary N) is 1. The number of carbonyl (C=O) groups is 1. The van der Waals surface area contributed by atoms with Gasteiger partial charge in [-0.05, 0) is 29.8 Å². The molecule has 98 valence electrons. The minimum absolute atomic E-state index is 0.166. The molecule has 0 spiro atoms. The Bertz CT molecular complexity index is 540. The highest BCUT2D eigenvalue weighted by Crippen LogP contribution is 2.13. The molecule has 0 heterocycles. The second-order valence-corrected chi connectivity index (χ2v) is 5.04. The van der Waals surface area contributed by atoms with Gasteiger partial charge in [0.05, 0.1) is 11.6 Å². The van der Waals surface area contributed by atoms with Crippen molar-refractivity contribution in [3.63, 3.8) is 0 Å². The first-order valence-electron chi connectivity index (χ1n) is 5.90. The zero-order valence-electron chi connectivity index (χ0n) is 10.3. The molecule has 4 heteroatoms. The zero-order valence-corrected chi connectivity index (χ0v) is 11.8. The summed E-state index contributed by atoms with van der Waals surface area (Å²) in [5.41, 5.74) is 7.43. The third-order valence-electron chi connectivity index (χ3n) is 2.70. The van der Waals surface area contributed by atoms with E-state index in [9.17, 15) is 4.79 Å². The summed E-state index contributed by atoms with van der Waals surface area (Å²) in [5, 5.41) is 0. The third kappa shape index (κ3) is 3.91. The molecular weight excluding hydrogens is 306 g/mol. The van der Waals surface area contributed by atoms with Crippen molar-refractivity contribution >= 4 is 21.9 Å². The monoisotopic (exact) mass is 319 g/mol. The Kier molecular flexibility index (Phi) is 4.71. The van der Waals surface area contributed by atoms with E-state index in [2.05, 4.69) is 15.9 Å². The van der Waals surface area contributed by atoms with Crippen LogP contribution in [0.1, 0.15) is 22.0 Å². The molecule has 0 aromatic heterocycles. The summed E-state index contributed by atoms with van der Waals surface area (Å²) < 4.78 is 6.13. The maximum Gasteiger partial charge on any atom is 0.338 e. The van der Waals surface area contributed by atoms with Crippen molar-refractivity contribution in [2.45, 2.75) is 6.04 Å². The number of hydrogen-bond acceptors (Lipinski definition) is 3. The lowest BCUT2D eigenvalue weighted by atomic mass is 10.1. The summed E-state index contributed by atoms with van der Waals surface area (Å²) in [6, 6.07) is 16.3. The van der Waals surface area contributed by atoms with Gasteiger partial charge in [0.25, 0.3) is 0 Å². The molecule has 2 aromatic rings. The maximum atomic E-state index is 11.8. The van der Waals surface area contributed by atoms with Crippen LogP contribution >= 0.6 is 15.9 Å². The second kappa shape index (κ2) is 6.50. The van der Waals surface area contributed by atoms with Crippen molar-refractivity contribution in [2.75, 3.05) is 6.61 Å². The quantitative estimate of drug-likeness (QED) is 0.880. The Labute approximate surface area is 120 Å². The molecule has 0 aliphatic rings. The van der Waals surface area contributed by atoms with Gasteiger partial charge in [0.15, 0.2) is 0 Å². The van der Waals surface area contributed by atoms with E-state index in [-0.39, 0.29) is 18.6 Å². The van der Waals surface area contributed by atoms with E-state index in [1.165, 1.54) is 0 Å². The van der Waals surface area contributed by atoms with Crippen LogP contribution in [-0.2, 0) is 4.74 Å². The first-order chi connectivity index (χ1) is 9.16. The lowest BCUT2D eigenvalue weighted by Gasteiger charge is -2.12.